The minimum absolute atomic E-state index is 0.0317. The number of carbonyl (C=O) groups is 1. The minimum Gasteiger partial charge on any atom is -0.381 e. The Balaban J connectivity index is 1.50. The fourth-order valence-corrected chi connectivity index (χ4v) is 3.46. The fourth-order valence-electron chi connectivity index (χ4n) is 3.46. The van der Waals surface area contributed by atoms with Crippen LogP contribution in [0.15, 0.2) is 48.6 Å². The lowest BCUT2D eigenvalue weighted by Crippen LogP contribution is -2.33. The highest BCUT2D eigenvalue weighted by molar-refractivity contribution is 5.95. The van der Waals surface area contributed by atoms with Crippen molar-refractivity contribution in [1.29, 1.82) is 0 Å². The number of rotatable bonds is 6. The Morgan fingerprint density at radius 2 is 1.90 bits per heavy atom. The van der Waals surface area contributed by atoms with Crippen LogP contribution in [0.3, 0.4) is 0 Å². The van der Waals surface area contributed by atoms with Crippen molar-refractivity contribution in [2.75, 3.05) is 25.1 Å². The summed E-state index contributed by atoms with van der Waals surface area (Å²) in [6.07, 6.45) is 0.883. The Morgan fingerprint density at radius 1 is 1.13 bits per heavy atom. The molecule has 1 aliphatic heterocycles. The molecule has 2 aliphatic rings. The second kappa shape index (κ2) is 8.47. The largest absolute Gasteiger partial charge is 0.434 e. The number of amides is 1. The lowest BCUT2D eigenvalue weighted by molar-refractivity contribution is -0.141. The standard InChI is InChI=1S/C22H22F3N3O2/c23-22(24,25)20-18(21(29)26-13-14-8-10-30-11-9-14)6-7-19(28-20)27-17-3-1-2-16(12-17)15-4-5-15/h1-7,12,14-15H,8-11,13H2,(H,26,29)(H,27,28). The van der Waals surface area contributed by atoms with Crippen LogP contribution in [0.5, 0.6) is 0 Å². The van der Waals surface area contributed by atoms with E-state index in [9.17, 15) is 18.0 Å². The summed E-state index contributed by atoms with van der Waals surface area (Å²) in [7, 11) is 0. The molecule has 1 saturated heterocycles. The number of nitrogens with one attached hydrogen (secondary N) is 2. The van der Waals surface area contributed by atoms with E-state index in [0.717, 1.165) is 18.4 Å². The van der Waals surface area contributed by atoms with E-state index in [4.69, 9.17) is 4.74 Å². The summed E-state index contributed by atoms with van der Waals surface area (Å²) >= 11 is 0. The summed E-state index contributed by atoms with van der Waals surface area (Å²) in [5.74, 6) is -0.245. The predicted octanol–water partition coefficient (Wildman–Crippen LogP) is 4.65. The van der Waals surface area contributed by atoms with Gasteiger partial charge in [0.25, 0.3) is 5.91 Å². The van der Waals surface area contributed by atoms with Gasteiger partial charge >= 0.3 is 6.18 Å². The number of nitrogens with zero attached hydrogens (tertiary/aromatic N) is 1. The number of alkyl halides is 3. The first-order valence-electron chi connectivity index (χ1n) is 9.89. The first kappa shape index (κ1) is 20.4. The monoisotopic (exact) mass is 417 g/mol. The number of carbonyl (C=O) groups excluding carboxylic acids is 1. The second-order valence-corrected chi connectivity index (χ2v) is 7.52. The van der Waals surface area contributed by atoms with E-state index in [1.54, 1.807) is 6.07 Å². The van der Waals surface area contributed by atoms with Crippen LogP contribution in [0.4, 0.5) is 24.7 Å². The number of pyridine rings is 1. The van der Waals surface area contributed by atoms with Gasteiger partial charge in [-0.3, -0.25) is 4.79 Å². The summed E-state index contributed by atoms with van der Waals surface area (Å²) in [6, 6.07) is 9.98. The van der Waals surface area contributed by atoms with Gasteiger partial charge in [0, 0.05) is 31.4 Å². The molecule has 1 aliphatic carbocycles. The SMILES string of the molecule is O=C(NCC1CCOCC1)c1ccc(Nc2cccc(C3C=C3)c2)nc1C(F)(F)F. The molecule has 5 nitrogen and oxygen atoms in total. The van der Waals surface area contributed by atoms with Gasteiger partial charge in [0.15, 0.2) is 5.69 Å². The average Bonchev–Trinajstić information content (AvgIpc) is 3.58. The maximum Gasteiger partial charge on any atom is 0.434 e. The topological polar surface area (TPSA) is 63.2 Å². The van der Waals surface area contributed by atoms with Crippen molar-refractivity contribution in [3.63, 3.8) is 0 Å². The lowest BCUT2D eigenvalue weighted by atomic mass is 10.0. The highest BCUT2D eigenvalue weighted by Gasteiger charge is 2.37. The molecule has 0 atom stereocenters. The first-order valence-corrected chi connectivity index (χ1v) is 9.89. The van der Waals surface area contributed by atoms with Crippen LogP contribution in [0.25, 0.3) is 0 Å². The fraction of sp³-hybridized carbons (Fsp3) is 0.364. The van der Waals surface area contributed by atoms with Crippen LogP contribution in [0, 0.1) is 5.92 Å². The van der Waals surface area contributed by atoms with Gasteiger partial charge in [-0.15, -0.1) is 0 Å². The van der Waals surface area contributed by atoms with Crippen molar-refractivity contribution in [1.82, 2.24) is 10.3 Å². The quantitative estimate of drug-likeness (QED) is 0.672. The molecule has 2 heterocycles. The van der Waals surface area contributed by atoms with Crippen LogP contribution in [0.2, 0.25) is 0 Å². The second-order valence-electron chi connectivity index (χ2n) is 7.52. The Bertz CT molecular complexity index is 947. The molecule has 0 unspecified atom stereocenters. The van der Waals surface area contributed by atoms with E-state index in [1.807, 2.05) is 30.4 Å². The highest BCUT2D eigenvalue weighted by atomic mass is 19.4. The van der Waals surface area contributed by atoms with Gasteiger partial charge in [-0.2, -0.15) is 13.2 Å². The van der Waals surface area contributed by atoms with Crippen molar-refractivity contribution < 1.29 is 22.7 Å². The molecule has 0 bridgehead atoms. The van der Waals surface area contributed by atoms with Gasteiger partial charge in [-0.1, -0.05) is 24.3 Å². The molecule has 158 valence electrons. The van der Waals surface area contributed by atoms with Crippen LogP contribution < -0.4 is 10.6 Å². The number of allylic oxidation sites excluding steroid dienone is 2. The van der Waals surface area contributed by atoms with Crippen LogP contribution in [0.1, 0.15) is 40.4 Å². The molecule has 2 aromatic rings. The number of halogens is 3. The van der Waals surface area contributed by atoms with E-state index < -0.39 is 23.3 Å². The average molecular weight is 417 g/mol. The van der Waals surface area contributed by atoms with E-state index in [0.29, 0.717) is 25.4 Å². The third-order valence-electron chi connectivity index (χ3n) is 5.23. The van der Waals surface area contributed by atoms with Crippen LogP contribution >= 0.6 is 0 Å². The number of anilines is 2. The summed E-state index contributed by atoms with van der Waals surface area (Å²) in [4.78, 5) is 16.2. The van der Waals surface area contributed by atoms with E-state index in [-0.39, 0.29) is 17.7 Å². The maximum absolute atomic E-state index is 13.6. The zero-order chi connectivity index (χ0) is 21.1. The summed E-state index contributed by atoms with van der Waals surface area (Å²) in [5, 5.41) is 5.52. The smallest absolute Gasteiger partial charge is 0.381 e. The number of hydrogen-bond acceptors (Lipinski definition) is 4. The molecule has 0 radical (unpaired) electrons. The van der Waals surface area contributed by atoms with Crippen molar-refractivity contribution in [3.05, 3.63) is 65.4 Å². The molecule has 2 N–H and O–H groups in total. The van der Waals surface area contributed by atoms with Crippen LogP contribution in [-0.2, 0) is 10.9 Å². The number of aromatic nitrogens is 1. The van der Waals surface area contributed by atoms with Crippen molar-refractivity contribution in [2.45, 2.75) is 24.9 Å². The molecule has 0 spiro atoms. The van der Waals surface area contributed by atoms with E-state index >= 15 is 0 Å². The van der Waals surface area contributed by atoms with E-state index in [1.165, 1.54) is 12.1 Å². The molecule has 1 aromatic heterocycles. The van der Waals surface area contributed by atoms with Gasteiger partial charge in [-0.05, 0) is 48.6 Å². The van der Waals surface area contributed by atoms with Gasteiger partial charge in [0.1, 0.15) is 5.82 Å². The molecular formula is C22H22F3N3O2. The zero-order valence-electron chi connectivity index (χ0n) is 16.2. The molecule has 30 heavy (non-hydrogen) atoms. The summed E-state index contributed by atoms with van der Waals surface area (Å²) < 4.78 is 46.1. The molecule has 1 aromatic carbocycles. The van der Waals surface area contributed by atoms with Gasteiger partial charge in [0.2, 0.25) is 0 Å². The summed E-state index contributed by atoms with van der Waals surface area (Å²) in [6.45, 7) is 1.53. The molecule has 1 amide bonds. The Hall–Kier alpha value is -2.87. The maximum atomic E-state index is 13.6. The summed E-state index contributed by atoms with van der Waals surface area (Å²) in [5.41, 5.74) is 0.0201. The molecule has 4 rings (SSSR count). The van der Waals surface area contributed by atoms with Gasteiger partial charge < -0.3 is 15.4 Å². The van der Waals surface area contributed by atoms with Crippen molar-refractivity contribution >= 4 is 17.4 Å². The van der Waals surface area contributed by atoms with Crippen molar-refractivity contribution in [3.8, 4) is 0 Å². The van der Waals surface area contributed by atoms with Crippen LogP contribution in [-0.4, -0.2) is 30.6 Å². The van der Waals surface area contributed by atoms with E-state index in [2.05, 4.69) is 15.6 Å². The molecule has 1 fully saturated rings. The predicted molar refractivity (Wildman–Crippen MR) is 107 cm³/mol. The first-order chi connectivity index (χ1) is 14.4. The highest BCUT2D eigenvalue weighted by Crippen LogP contribution is 2.34. The van der Waals surface area contributed by atoms with Gasteiger partial charge in [0.05, 0.1) is 5.56 Å². The third kappa shape index (κ3) is 4.99. The number of ether oxygens (including phenoxy) is 1. The normalized spacial score (nSPS) is 17.0. The van der Waals surface area contributed by atoms with Crippen molar-refractivity contribution in [2.24, 2.45) is 5.92 Å². The number of hydrogen-bond donors (Lipinski definition) is 2. The molecule has 8 heteroatoms. The lowest BCUT2D eigenvalue weighted by Gasteiger charge is -2.22. The Kier molecular flexibility index (Phi) is 5.76. The third-order valence-corrected chi connectivity index (χ3v) is 5.23. The minimum atomic E-state index is -4.75. The Morgan fingerprint density at radius 3 is 2.60 bits per heavy atom. The number of benzene rings is 1. The zero-order valence-corrected chi connectivity index (χ0v) is 16.2. The van der Waals surface area contributed by atoms with Gasteiger partial charge in [-0.25, -0.2) is 4.98 Å². The Labute approximate surface area is 172 Å². The molecular weight excluding hydrogens is 395 g/mol. The molecule has 0 saturated carbocycles.